The van der Waals surface area contributed by atoms with Gasteiger partial charge in [-0.2, -0.15) is 0 Å². The first kappa shape index (κ1) is 12.8. The van der Waals surface area contributed by atoms with E-state index in [0.29, 0.717) is 12.4 Å². The van der Waals surface area contributed by atoms with E-state index in [2.05, 4.69) is 30.7 Å². The number of nitrogens with zero attached hydrogens (tertiary/aromatic N) is 3. The van der Waals surface area contributed by atoms with Gasteiger partial charge in [0.25, 0.3) is 0 Å². The molecular formula is C16H17N3O. The van der Waals surface area contributed by atoms with Crippen LogP contribution in [0.15, 0.2) is 41.5 Å². The summed E-state index contributed by atoms with van der Waals surface area (Å²) in [6.45, 7) is 6.23. The van der Waals surface area contributed by atoms with E-state index in [9.17, 15) is 4.79 Å². The van der Waals surface area contributed by atoms with Crippen molar-refractivity contribution in [2.75, 3.05) is 0 Å². The predicted molar refractivity (Wildman–Crippen MR) is 78.8 cm³/mol. The summed E-state index contributed by atoms with van der Waals surface area (Å²) in [5.41, 5.74) is 2.56. The van der Waals surface area contributed by atoms with Crippen LogP contribution in [0.25, 0.3) is 0 Å². The van der Waals surface area contributed by atoms with Crippen LogP contribution in [0.3, 0.4) is 0 Å². The highest BCUT2D eigenvalue weighted by Crippen LogP contribution is 2.27. The van der Waals surface area contributed by atoms with E-state index >= 15 is 0 Å². The SMILES string of the molecule is CC(C)(C)c1cn2c(n1)N=C(c1ccccc1)CC2=O. The second-order valence-corrected chi connectivity index (χ2v) is 6.04. The first-order valence-electron chi connectivity index (χ1n) is 6.71. The Labute approximate surface area is 118 Å². The molecule has 0 unspecified atom stereocenters. The van der Waals surface area contributed by atoms with Gasteiger partial charge in [-0.1, -0.05) is 51.1 Å². The van der Waals surface area contributed by atoms with Crippen LogP contribution in [0, 0.1) is 0 Å². The molecule has 4 heteroatoms. The van der Waals surface area contributed by atoms with Crippen LogP contribution in [-0.2, 0) is 5.41 Å². The van der Waals surface area contributed by atoms with Crippen LogP contribution in [0.2, 0.25) is 0 Å². The molecule has 1 aromatic heterocycles. The van der Waals surface area contributed by atoms with Crippen molar-refractivity contribution < 1.29 is 4.79 Å². The number of fused-ring (bicyclic) bond motifs is 1. The molecule has 2 aromatic rings. The van der Waals surface area contributed by atoms with Gasteiger partial charge < -0.3 is 0 Å². The lowest BCUT2D eigenvalue weighted by atomic mass is 9.93. The van der Waals surface area contributed by atoms with Crippen LogP contribution in [0.4, 0.5) is 5.95 Å². The lowest BCUT2D eigenvalue weighted by Crippen LogP contribution is -2.20. The van der Waals surface area contributed by atoms with Crippen molar-refractivity contribution in [3.63, 3.8) is 0 Å². The zero-order valence-corrected chi connectivity index (χ0v) is 11.9. The maximum Gasteiger partial charge on any atom is 0.239 e. The van der Waals surface area contributed by atoms with Crippen molar-refractivity contribution >= 4 is 17.6 Å². The summed E-state index contributed by atoms with van der Waals surface area (Å²) in [6.07, 6.45) is 2.12. The largest absolute Gasteiger partial charge is 0.274 e. The van der Waals surface area contributed by atoms with Crippen LogP contribution >= 0.6 is 0 Å². The number of rotatable bonds is 1. The highest BCUT2D eigenvalue weighted by Gasteiger charge is 2.26. The molecule has 0 saturated heterocycles. The first-order chi connectivity index (χ1) is 9.45. The molecule has 2 heterocycles. The zero-order chi connectivity index (χ0) is 14.3. The molecule has 0 fully saturated rings. The van der Waals surface area contributed by atoms with Crippen molar-refractivity contribution in [2.45, 2.75) is 32.6 Å². The first-order valence-corrected chi connectivity index (χ1v) is 6.71. The average Bonchev–Trinajstić information content (AvgIpc) is 2.84. The van der Waals surface area contributed by atoms with Crippen LogP contribution < -0.4 is 0 Å². The fourth-order valence-electron chi connectivity index (χ4n) is 2.18. The minimum absolute atomic E-state index is 0.0249. The van der Waals surface area contributed by atoms with Gasteiger partial charge in [-0.3, -0.25) is 9.36 Å². The Morgan fingerprint density at radius 1 is 1.15 bits per heavy atom. The van der Waals surface area contributed by atoms with Crippen molar-refractivity contribution in [3.05, 3.63) is 47.8 Å². The van der Waals surface area contributed by atoms with Gasteiger partial charge in [0.15, 0.2) is 0 Å². The summed E-state index contributed by atoms with van der Waals surface area (Å²) in [5, 5.41) is 0. The third-order valence-corrected chi connectivity index (χ3v) is 3.39. The lowest BCUT2D eigenvalue weighted by Gasteiger charge is -2.13. The van der Waals surface area contributed by atoms with E-state index < -0.39 is 0 Å². The van der Waals surface area contributed by atoms with E-state index in [-0.39, 0.29) is 11.3 Å². The quantitative estimate of drug-likeness (QED) is 0.795. The Bertz CT molecular complexity index is 690. The van der Waals surface area contributed by atoms with Gasteiger partial charge >= 0.3 is 0 Å². The topological polar surface area (TPSA) is 47.2 Å². The molecule has 0 amide bonds. The van der Waals surface area contributed by atoms with E-state index in [1.165, 1.54) is 0 Å². The van der Waals surface area contributed by atoms with Gasteiger partial charge in [0.05, 0.1) is 17.8 Å². The summed E-state index contributed by atoms with van der Waals surface area (Å²) < 4.78 is 1.56. The van der Waals surface area contributed by atoms with Crippen LogP contribution in [0.1, 0.15) is 43.2 Å². The molecule has 3 rings (SSSR count). The molecule has 0 atom stereocenters. The lowest BCUT2D eigenvalue weighted by molar-refractivity contribution is 0.0921. The fraction of sp³-hybridized carbons (Fsp3) is 0.312. The Morgan fingerprint density at radius 2 is 1.85 bits per heavy atom. The molecule has 4 nitrogen and oxygen atoms in total. The highest BCUT2D eigenvalue weighted by molar-refractivity contribution is 6.14. The number of hydrogen-bond donors (Lipinski definition) is 0. The minimum Gasteiger partial charge on any atom is -0.274 e. The van der Waals surface area contributed by atoms with E-state index in [0.717, 1.165) is 17.0 Å². The Balaban J connectivity index is 2.07. The number of benzene rings is 1. The average molecular weight is 267 g/mol. The molecule has 0 saturated carbocycles. The van der Waals surface area contributed by atoms with Gasteiger partial charge in [0.2, 0.25) is 11.9 Å². The molecule has 1 aliphatic heterocycles. The molecule has 0 aliphatic carbocycles. The Kier molecular flexibility index (Phi) is 2.82. The maximum absolute atomic E-state index is 12.3. The van der Waals surface area contributed by atoms with Crippen molar-refractivity contribution in [2.24, 2.45) is 4.99 Å². The second kappa shape index (κ2) is 4.40. The standard InChI is InChI=1S/C16H17N3O/c1-16(2,3)13-10-19-14(20)9-12(17-15(19)18-13)11-7-5-4-6-8-11/h4-8,10H,9H2,1-3H3. The normalized spacial score (nSPS) is 14.9. The van der Waals surface area contributed by atoms with Gasteiger partial charge in [-0.25, -0.2) is 9.98 Å². The Hall–Kier alpha value is -2.23. The smallest absolute Gasteiger partial charge is 0.239 e. The van der Waals surface area contributed by atoms with Gasteiger partial charge in [-0.05, 0) is 5.56 Å². The molecule has 1 aliphatic rings. The summed E-state index contributed by atoms with van der Waals surface area (Å²) in [6, 6.07) is 9.78. The Morgan fingerprint density at radius 3 is 2.50 bits per heavy atom. The molecule has 0 bridgehead atoms. The van der Waals surface area contributed by atoms with Crippen molar-refractivity contribution in [3.8, 4) is 0 Å². The number of hydrogen-bond acceptors (Lipinski definition) is 3. The summed E-state index contributed by atoms with van der Waals surface area (Å²) in [4.78, 5) is 21.3. The predicted octanol–water partition coefficient (Wildman–Crippen LogP) is 3.35. The molecule has 102 valence electrons. The minimum atomic E-state index is -0.0902. The van der Waals surface area contributed by atoms with Crippen LogP contribution in [0.5, 0.6) is 0 Å². The van der Waals surface area contributed by atoms with Crippen molar-refractivity contribution in [1.29, 1.82) is 0 Å². The zero-order valence-electron chi connectivity index (χ0n) is 11.9. The third-order valence-electron chi connectivity index (χ3n) is 3.39. The van der Waals surface area contributed by atoms with Crippen molar-refractivity contribution in [1.82, 2.24) is 9.55 Å². The maximum atomic E-state index is 12.3. The molecule has 0 N–H and O–H groups in total. The third kappa shape index (κ3) is 2.18. The molecule has 1 aromatic carbocycles. The van der Waals surface area contributed by atoms with E-state index in [1.54, 1.807) is 4.57 Å². The number of carbonyl (C=O) groups excluding carboxylic acids is 1. The summed E-state index contributed by atoms with van der Waals surface area (Å²) in [5.74, 6) is 0.516. The van der Waals surface area contributed by atoms with Crippen LogP contribution in [-0.4, -0.2) is 21.2 Å². The van der Waals surface area contributed by atoms with Gasteiger partial charge in [0, 0.05) is 11.6 Å². The molecule has 0 spiro atoms. The monoisotopic (exact) mass is 267 g/mol. The van der Waals surface area contributed by atoms with E-state index in [4.69, 9.17) is 0 Å². The second-order valence-electron chi connectivity index (χ2n) is 6.04. The molecule has 0 radical (unpaired) electrons. The number of carbonyl (C=O) groups is 1. The number of aliphatic imine (C=N–C) groups is 1. The summed E-state index contributed by atoms with van der Waals surface area (Å²) in [7, 11) is 0. The fourth-order valence-corrected chi connectivity index (χ4v) is 2.18. The molecular weight excluding hydrogens is 250 g/mol. The summed E-state index contributed by atoms with van der Waals surface area (Å²) >= 11 is 0. The highest BCUT2D eigenvalue weighted by atomic mass is 16.2. The number of imidazole rings is 1. The van der Waals surface area contributed by atoms with Gasteiger partial charge in [0.1, 0.15) is 0 Å². The number of aromatic nitrogens is 2. The molecule has 20 heavy (non-hydrogen) atoms. The van der Waals surface area contributed by atoms with E-state index in [1.807, 2.05) is 36.5 Å². The van der Waals surface area contributed by atoms with Gasteiger partial charge in [-0.15, -0.1) is 0 Å².